The number of halogens is 6. The molecule has 0 aliphatic heterocycles. The van der Waals surface area contributed by atoms with E-state index in [1.165, 1.54) is 0 Å². The summed E-state index contributed by atoms with van der Waals surface area (Å²) in [5.41, 5.74) is -12.4. The number of rotatable bonds is 2. The number of alkyl halides is 6. The molecule has 0 fully saturated rings. The molecular formula is C6H7F6N3O6S2. The third kappa shape index (κ3) is 5.75. The number of aromatic hydroxyl groups is 2. The molecule has 0 atom stereocenters. The van der Waals surface area contributed by atoms with E-state index in [0.717, 1.165) is 4.13 Å². The summed E-state index contributed by atoms with van der Waals surface area (Å²) in [6, 6.07) is 0. The van der Waals surface area contributed by atoms with Gasteiger partial charge in [0.25, 0.3) is 5.82 Å². The zero-order valence-corrected chi connectivity index (χ0v) is 12.2. The summed E-state index contributed by atoms with van der Waals surface area (Å²) in [4.78, 5) is 4.91. The number of aromatic nitrogens is 2. The molecule has 0 aromatic carbocycles. The van der Waals surface area contributed by atoms with Crippen LogP contribution < -0.4 is 4.98 Å². The first kappa shape index (κ1) is 21.2. The second-order valence-electron chi connectivity index (χ2n) is 3.49. The molecule has 0 saturated carbocycles. The lowest BCUT2D eigenvalue weighted by atomic mass is 10.8. The van der Waals surface area contributed by atoms with Gasteiger partial charge < -0.3 is 14.3 Å². The lowest BCUT2D eigenvalue weighted by Crippen LogP contribution is -2.30. The van der Waals surface area contributed by atoms with Gasteiger partial charge in [-0.15, -0.1) is 0 Å². The van der Waals surface area contributed by atoms with E-state index in [0.29, 0.717) is 5.82 Å². The topological polar surface area (TPSA) is 153 Å². The molecule has 1 rings (SSSR count). The Balaban J connectivity index is 0.000000502. The van der Waals surface area contributed by atoms with Crippen LogP contribution >= 0.6 is 0 Å². The molecule has 0 unspecified atom stereocenters. The summed E-state index contributed by atoms with van der Waals surface area (Å²) in [6.07, 6.45) is 0. The van der Waals surface area contributed by atoms with Gasteiger partial charge >= 0.3 is 22.8 Å². The van der Waals surface area contributed by atoms with Gasteiger partial charge in [0.15, 0.2) is 20.0 Å². The average Bonchev–Trinajstić information content (AvgIpc) is 2.51. The van der Waals surface area contributed by atoms with Gasteiger partial charge in [-0.25, -0.2) is 26.8 Å². The van der Waals surface area contributed by atoms with Gasteiger partial charge in [0, 0.05) is 6.92 Å². The monoisotopic (exact) mass is 395 g/mol. The van der Waals surface area contributed by atoms with Crippen molar-refractivity contribution in [3.05, 3.63) is 9.95 Å². The highest BCUT2D eigenvalue weighted by atomic mass is 32.3. The van der Waals surface area contributed by atoms with E-state index in [2.05, 4.69) is 9.97 Å². The number of nitrogens with zero attached hydrogens (tertiary/aromatic N) is 1. The van der Waals surface area contributed by atoms with Gasteiger partial charge in [-0.05, 0) is 0 Å². The molecule has 0 radical (unpaired) electrons. The molecule has 0 saturated heterocycles. The van der Waals surface area contributed by atoms with E-state index < -0.39 is 31.1 Å². The number of hydrogen-bond donors (Lipinski definition) is 3. The molecule has 17 heteroatoms. The van der Waals surface area contributed by atoms with Crippen LogP contribution in [-0.2, 0) is 20.0 Å². The van der Waals surface area contributed by atoms with E-state index in [-0.39, 0.29) is 11.8 Å². The zero-order chi connectivity index (χ0) is 18.9. The summed E-state index contributed by atoms with van der Waals surface area (Å²) in [5.74, 6) is 0.185. The first-order valence-corrected chi connectivity index (χ1v) is 7.65. The van der Waals surface area contributed by atoms with E-state index in [4.69, 9.17) is 10.2 Å². The third-order valence-electron chi connectivity index (χ3n) is 1.62. The average molecular weight is 395 g/mol. The van der Waals surface area contributed by atoms with Gasteiger partial charge in [-0.3, -0.25) is 0 Å². The Morgan fingerprint density at radius 1 is 0.957 bits per heavy atom. The maximum Gasteiger partial charge on any atom is 0.480 e. The first-order valence-electron chi connectivity index (χ1n) is 4.77. The number of nitrogens with one attached hydrogen (secondary N) is 2. The summed E-state index contributed by atoms with van der Waals surface area (Å²) in [7, 11) is -13.4. The fourth-order valence-corrected chi connectivity index (χ4v) is 2.43. The number of sulfonamides is 2. The quantitative estimate of drug-likeness (QED) is 0.624. The normalized spacial score (nSPS) is 13.3. The predicted molar refractivity (Wildman–Crippen MR) is 58.7 cm³/mol. The van der Waals surface area contributed by atoms with Crippen LogP contribution in [0.3, 0.4) is 0 Å². The molecular weight excluding hydrogens is 388 g/mol. The Morgan fingerprint density at radius 2 is 1.30 bits per heavy atom. The van der Waals surface area contributed by atoms with Crippen molar-refractivity contribution in [2.75, 3.05) is 0 Å². The maximum atomic E-state index is 11.4. The molecule has 1 heterocycles. The zero-order valence-electron chi connectivity index (χ0n) is 10.6. The molecule has 23 heavy (non-hydrogen) atoms. The van der Waals surface area contributed by atoms with E-state index in [1.807, 2.05) is 0 Å². The van der Waals surface area contributed by atoms with Crippen molar-refractivity contribution in [1.82, 2.24) is 4.98 Å². The Labute approximate surface area is 124 Å². The third-order valence-corrected chi connectivity index (χ3v) is 4.36. The van der Waals surface area contributed by atoms with Crippen molar-refractivity contribution in [3.8, 4) is 11.8 Å². The summed E-state index contributed by atoms with van der Waals surface area (Å²) in [6.45, 7) is 1.69. The van der Waals surface area contributed by atoms with Gasteiger partial charge in [0.1, 0.15) is 0 Å². The number of imidazole rings is 1. The van der Waals surface area contributed by atoms with E-state index in [9.17, 15) is 43.2 Å². The van der Waals surface area contributed by atoms with Crippen LogP contribution in [0.2, 0.25) is 0 Å². The number of hydrogen-bond acceptors (Lipinski definition) is 6. The molecule has 9 nitrogen and oxygen atoms in total. The Morgan fingerprint density at radius 3 is 1.43 bits per heavy atom. The standard InChI is InChI=1S/C4H6N2O2.C2F6NO4S2/c1-2-5-3(7)4(8)6-2;3-1(4,5)14(10,11)9-15(12,13)2(6,7)8/h7-8H,1H3,(H,5,6);/q;-1/p+1. The summed E-state index contributed by atoms with van der Waals surface area (Å²) >= 11 is 0. The van der Waals surface area contributed by atoms with Crippen LogP contribution in [-0.4, -0.2) is 43.0 Å². The lowest BCUT2D eigenvalue weighted by molar-refractivity contribution is -0.401. The molecule has 0 amide bonds. The van der Waals surface area contributed by atoms with Gasteiger partial charge in [-0.1, -0.05) is 0 Å². The minimum atomic E-state index is -6.72. The van der Waals surface area contributed by atoms with E-state index in [1.54, 1.807) is 6.92 Å². The second kappa shape index (κ2) is 6.40. The molecule has 136 valence electrons. The largest absolute Gasteiger partial charge is 0.480 e. The molecule has 4 N–H and O–H groups in total. The van der Waals surface area contributed by atoms with Crippen molar-refractivity contribution >= 4 is 20.0 Å². The highest BCUT2D eigenvalue weighted by molar-refractivity contribution is 8.13. The molecule has 1 aromatic heterocycles. The fourth-order valence-electron chi connectivity index (χ4n) is 0.719. The van der Waals surface area contributed by atoms with Crippen LogP contribution in [0.15, 0.2) is 0 Å². The fraction of sp³-hybridized carbons (Fsp3) is 0.500. The van der Waals surface area contributed by atoms with Crippen molar-refractivity contribution in [2.45, 2.75) is 17.9 Å². The number of aromatic amines is 2. The highest BCUT2D eigenvalue weighted by Gasteiger charge is 2.46. The van der Waals surface area contributed by atoms with Gasteiger partial charge in [0.2, 0.25) is 0 Å². The Hall–Kier alpha value is -1.75. The van der Waals surface area contributed by atoms with E-state index >= 15 is 0 Å². The molecule has 0 bridgehead atoms. The highest BCUT2D eigenvalue weighted by Crippen LogP contribution is 2.36. The number of H-pyrrole nitrogens is 2. The van der Waals surface area contributed by atoms with Crippen molar-refractivity contribution in [2.24, 2.45) is 0 Å². The van der Waals surface area contributed by atoms with Gasteiger partial charge in [-0.2, -0.15) is 26.3 Å². The van der Waals surface area contributed by atoms with Crippen molar-refractivity contribution in [3.63, 3.8) is 0 Å². The molecule has 0 spiro atoms. The Kier molecular flexibility index (Phi) is 5.91. The molecule has 0 aliphatic carbocycles. The summed E-state index contributed by atoms with van der Waals surface area (Å²) < 4.78 is 109. The minimum absolute atomic E-state index is 0.220. The second-order valence-corrected chi connectivity index (χ2v) is 6.91. The van der Waals surface area contributed by atoms with Crippen molar-refractivity contribution < 1.29 is 58.4 Å². The van der Waals surface area contributed by atoms with Crippen molar-refractivity contribution in [1.29, 1.82) is 0 Å². The molecule has 0 aliphatic rings. The maximum absolute atomic E-state index is 11.4. The summed E-state index contributed by atoms with van der Waals surface area (Å²) in [5, 5.41) is 17.2. The predicted octanol–water partition coefficient (Wildman–Crippen LogP) is 0.608. The van der Waals surface area contributed by atoms with Crippen LogP contribution in [0, 0.1) is 6.92 Å². The first-order chi connectivity index (χ1) is 9.91. The van der Waals surface area contributed by atoms with Gasteiger partial charge in [0.05, 0.1) is 0 Å². The SMILES string of the molecule is Cc1[nH]c(O)c(O)[nH+]1.O=S(=O)([N-]S(=O)(=O)C(F)(F)F)C(F)(F)F. The Bertz CT molecular complexity index is 687. The van der Waals surface area contributed by atoms with Crippen LogP contribution in [0.1, 0.15) is 5.82 Å². The number of aryl methyl sites for hydroxylation is 1. The molecule has 1 aromatic rings. The lowest BCUT2D eigenvalue weighted by Gasteiger charge is -2.22. The minimum Gasteiger partial charge on any atom is -0.472 e. The van der Waals surface area contributed by atoms with Crippen LogP contribution in [0.4, 0.5) is 26.3 Å². The van der Waals surface area contributed by atoms with Crippen LogP contribution in [0.5, 0.6) is 11.8 Å². The van der Waals surface area contributed by atoms with Crippen LogP contribution in [0.25, 0.3) is 4.13 Å². The smallest absolute Gasteiger partial charge is 0.472 e.